The van der Waals surface area contributed by atoms with Gasteiger partial charge in [0.25, 0.3) is 0 Å². The lowest BCUT2D eigenvalue weighted by molar-refractivity contribution is 0.413. The lowest BCUT2D eigenvalue weighted by Gasteiger charge is -2.18. The van der Waals surface area contributed by atoms with E-state index in [0.717, 1.165) is 23.3 Å². The highest BCUT2D eigenvalue weighted by molar-refractivity contribution is 5.28. The van der Waals surface area contributed by atoms with Gasteiger partial charge in [0.15, 0.2) is 0 Å². The second-order valence-electron chi connectivity index (χ2n) is 4.71. The van der Waals surface area contributed by atoms with Crippen molar-refractivity contribution in [1.82, 2.24) is 5.32 Å². The summed E-state index contributed by atoms with van der Waals surface area (Å²) >= 11 is 0. The number of benzene rings is 2. The molecule has 0 aliphatic carbocycles. The first-order valence-electron chi connectivity index (χ1n) is 6.85. The zero-order valence-corrected chi connectivity index (χ0v) is 11.9. The van der Waals surface area contributed by atoms with E-state index in [1.807, 2.05) is 36.4 Å². The molecular weight excluding hydrogens is 253 g/mol. The average Bonchev–Trinajstić information content (AvgIpc) is 2.49. The van der Waals surface area contributed by atoms with Crippen LogP contribution < -0.4 is 10.1 Å². The van der Waals surface area contributed by atoms with Gasteiger partial charge in [0.05, 0.1) is 7.11 Å². The average molecular weight is 273 g/mol. The number of hydrogen-bond donors (Lipinski definition) is 1. The minimum Gasteiger partial charge on any atom is -0.497 e. The van der Waals surface area contributed by atoms with Gasteiger partial charge in [0, 0.05) is 18.2 Å². The summed E-state index contributed by atoms with van der Waals surface area (Å²) in [5, 5.41) is 3.40. The van der Waals surface area contributed by atoms with Crippen molar-refractivity contribution in [2.45, 2.75) is 25.9 Å². The normalized spacial score (nSPS) is 12.2. The monoisotopic (exact) mass is 273 g/mol. The van der Waals surface area contributed by atoms with Crippen LogP contribution in [0.3, 0.4) is 0 Å². The predicted molar refractivity (Wildman–Crippen MR) is 79.3 cm³/mol. The molecule has 1 N–H and O–H groups in total. The lowest BCUT2D eigenvalue weighted by Crippen LogP contribution is -2.21. The van der Waals surface area contributed by atoms with E-state index < -0.39 is 0 Å². The Labute approximate surface area is 119 Å². The van der Waals surface area contributed by atoms with Gasteiger partial charge in [0.1, 0.15) is 11.6 Å². The van der Waals surface area contributed by atoms with Crippen LogP contribution in [0.2, 0.25) is 0 Å². The maximum atomic E-state index is 13.8. The van der Waals surface area contributed by atoms with E-state index >= 15 is 0 Å². The number of nitrogens with one attached hydrogen (secondary N) is 1. The molecular formula is C17H20FNO. The minimum atomic E-state index is -0.155. The van der Waals surface area contributed by atoms with Gasteiger partial charge in [-0.3, -0.25) is 0 Å². The van der Waals surface area contributed by atoms with Crippen molar-refractivity contribution in [3.63, 3.8) is 0 Å². The second kappa shape index (κ2) is 7.06. The molecule has 0 radical (unpaired) electrons. The van der Waals surface area contributed by atoms with Crippen LogP contribution in [-0.2, 0) is 6.54 Å². The van der Waals surface area contributed by atoms with Crippen molar-refractivity contribution in [2.75, 3.05) is 7.11 Å². The Bertz CT molecular complexity index is 556. The van der Waals surface area contributed by atoms with Crippen LogP contribution in [0.4, 0.5) is 4.39 Å². The fourth-order valence-electron chi connectivity index (χ4n) is 2.26. The summed E-state index contributed by atoms with van der Waals surface area (Å²) < 4.78 is 19.0. The molecule has 1 atom stereocenters. The van der Waals surface area contributed by atoms with Crippen LogP contribution in [0.1, 0.15) is 30.5 Å². The minimum absolute atomic E-state index is 0.0161. The molecule has 2 nitrogen and oxygen atoms in total. The Kier molecular flexibility index (Phi) is 5.13. The fourth-order valence-corrected chi connectivity index (χ4v) is 2.26. The van der Waals surface area contributed by atoms with E-state index in [1.165, 1.54) is 6.07 Å². The van der Waals surface area contributed by atoms with E-state index in [9.17, 15) is 4.39 Å². The molecule has 0 aliphatic rings. The molecule has 2 aromatic carbocycles. The summed E-state index contributed by atoms with van der Waals surface area (Å²) in [7, 11) is 1.65. The van der Waals surface area contributed by atoms with Crippen molar-refractivity contribution in [3.8, 4) is 5.75 Å². The number of halogens is 1. The van der Waals surface area contributed by atoms with Crippen LogP contribution >= 0.6 is 0 Å². The van der Waals surface area contributed by atoms with Gasteiger partial charge in [-0.05, 0) is 30.2 Å². The first-order chi connectivity index (χ1) is 9.74. The summed E-state index contributed by atoms with van der Waals surface area (Å²) in [6.45, 7) is 2.74. The van der Waals surface area contributed by atoms with E-state index in [1.54, 1.807) is 13.2 Å². The van der Waals surface area contributed by atoms with Crippen LogP contribution in [-0.4, -0.2) is 7.11 Å². The third-order valence-electron chi connectivity index (χ3n) is 3.38. The largest absolute Gasteiger partial charge is 0.497 e. The summed E-state index contributed by atoms with van der Waals surface area (Å²) in [4.78, 5) is 0. The van der Waals surface area contributed by atoms with Crippen molar-refractivity contribution in [2.24, 2.45) is 0 Å². The highest BCUT2D eigenvalue weighted by Gasteiger charge is 2.12. The van der Waals surface area contributed by atoms with Gasteiger partial charge in [-0.2, -0.15) is 0 Å². The first kappa shape index (κ1) is 14.5. The Morgan fingerprint density at radius 2 is 1.95 bits per heavy atom. The fraction of sp³-hybridized carbons (Fsp3) is 0.294. The van der Waals surface area contributed by atoms with Gasteiger partial charge in [0.2, 0.25) is 0 Å². The van der Waals surface area contributed by atoms with Gasteiger partial charge < -0.3 is 10.1 Å². The van der Waals surface area contributed by atoms with Crippen molar-refractivity contribution in [1.29, 1.82) is 0 Å². The van der Waals surface area contributed by atoms with E-state index in [-0.39, 0.29) is 11.9 Å². The molecule has 0 spiro atoms. The zero-order valence-electron chi connectivity index (χ0n) is 11.9. The third-order valence-corrected chi connectivity index (χ3v) is 3.38. The molecule has 0 fully saturated rings. The quantitative estimate of drug-likeness (QED) is 0.856. The van der Waals surface area contributed by atoms with Crippen molar-refractivity contribution < 1.29 is 9.13 Å². The second-order valence-corrected chi connectivity index (χ2v) is 4.71. The summed E-state index contributed by atoms with van der Waals surface area (Å²) in [6.07, 6.45) is 0.838. The van der Waals surface area contributed by atoms with Gasteiger partial charge in [-0.1, -0.05) is 37.3 Å². The first-order valence-corrected chi connectivity index (χ1v) is 6.85. The number of rotatable bonds is 6. The van der Waals surface area contributed by atoms with E-state index in [4.69, 9.17) is 4.74 Å². The van der Waals surface area contributed by atoms with Crippen molar-refractivity contribution in [3.05, 3.63) is 65.5 Å². The van der Waals surface area contributed by atoms with Crippen LogP contribution in [0.5, 0.6) is 5.75 Å². The zero-order chi connectivity index (χ0) is 14.4. The van der Waals surface area contributed by atoms with Crippen LogP contribution in [0, 0.1) is 5.82 Å². The maximum Gasteiger partial charge on any atom is 0.127 e. The third kappa shape index (κ3) is 3.58. The highest BCUT2D eigenvalue weighted by Crippen LogP contribution is 2.21. The smallest absolute Gasteiger partial charge is 0.127 e. The molecule has 2 aromatic rings. The molecule has 0 bridgehead atoms. The Balaban J connectivity index is 2.06. The molecule has 1 unspecified atom stereocenters. The highest BCUT2D eigenvalue weighted by atomic mass is 19.1. The van der Waals surface area contributed by atoms with Gasteiger partial charge in [-0.25, -0.2) is 4.39 Å². The molecule has 0 amide bonds. The molecule has 106 valence electrons. The molecule has 0 saturated heterocycles. The molecule has 0 aromatic heterocycles. The lowest BCUT2D eigenvalue weighted by atomic mass is 10.0. The molecule has 0 aliphatic heterocycles. The molecule has 2 rings (SSSR count). The number of ether oxygens (including phenoxy) is 1. The molecule has 20 heavy (non-hydrogen) atoms. The predicted octanol–water partition coefficient (Wildman–Crippen LogP) is 4.08. The van der Waals surface area contributed by atoms with Crippen LogP contribution in [0.15, 0.2) is 48.5 Å². The van der Waals surface area contributed by atoms with Gasteiger partial charge in [-0.15, -0.1) is 0 Å². The summed E-state index contributed by atoms with van der Waals surface area (Å²) in [6, 6.07) is 14.8. The van der Waals surface area contributed by atoms with E-state index in [0.29, 0.717) is 6.54 Å². The SMILES string of the molecule is CCC(NCc1cccc(OC)c1)c1ccccc1F. The Morgan fingerprint density at radius 3 is 2.65 bits per heavy atom. The van der Waals surface area contributed by atoms with Crippen LogP contribution in [0.25, 0.3) is 0 Å². The Hall–Kier alpha value is -1.87. The number of hydrogen-bond acceptors (Lipinski definition) is 2. The Morgan fingerprint density at radius 1 is 1.15 bits per heavy atom. The van der Waals surface area contributed by atoms with Gasteiger partial charge >= 0.3 is 0 Å². The molecule has 3 heteroatoms. The van der Waals surface area contributed by atoms with Crippen molar-refractivity contribution >= 4 is 0 Å². The summed E-state index contributed by atoms with van der Waals surface area (Å²) in [5.74, 6) is 0.681. The standard InChI is InChI=1S/C17H20FNO/c1-3-17(15-9-4-5-10-16(15)18)19-12-13-7-6-8-14(11-13)20-2/h4-11,17,19H,3,12H2,1-2H3. The maximum absolute atomic E-state index is 13.8. The molecule has 0 heterocycles. The summed E-state index contributed by atoms with van der Waals surface area (Å²) in [5.41, 5.74) is 1.84. The number of methoxy groups -OCH3 is 1. The van der Waals surface area contributed by atoms with E-state index in [2.05, 4.69) is 12.2 Å². The topological polar surface area (TPSA) is 21.3 Å². The molecule has 0 saturated carbocycles.